The van der Waals surface area contributed by atoms with Gasteiger partial charge in [0.1, 0.15) is 0 Å². The van der Waals surface area contributed by atoms with Crippen molar-refractivity contribution in [3.63, 3.8) is 0 Å². The largest absolute Gasteiger partial charge is 0.294 e. The number of rotatable bonds is 5. The molecule has 6 heteroatoms. The third kappa shape index (κ3) is 3.37. The first-order valence-corrected chi connectivity index (χ1v) is 9.75. The molecule has 0 fully saturated rings. The summed E-state index contributed by atoms with van der Waals surface area (Å²) >= 11 is 1.69. The van der Waals surface area contributed by atoms with E-state index >= 15 is 0 Å². The number of thiophene rings is 1. The zero-order chi connectivity index (χ0) is 17.2. The van der Waals surface area contributed by atoms with Gasteiger partial charge in [-0.3, -0.25) is 9.58 Å². The van der Waals surface area contributed by atoms with E-state index < -0.39 is 0 Å². The van der Waals surface area contributed by atoms with Gasteiger partial charge in [-0.2, -0.15) is 5.10 Å². The Morgan fingerprint density at radius 1 is 1.28 bits per heavy atom. The fourth-order valence-electron chi connectivity index (χ4n) is 3.35. The number of aromatic nitrogens is 4. The Morgan fingerprint density at radius 2 is 2.20 bits per heavy atom. The van der Waals surface area contributed by atoms with Crippen LogP contribution in [-0.2, 0) is 26.1 Å². The van der Waals surface area contributed by atoms with E-state index in [1.54, 1.807) is 11.3 Å². The van der Waals surface area contributed by atoms with Crippen molar-refractivity contribution in [2.24, 2.45) is 0 Å². The quantitative estimate of drug-likeness (QED) is 0.702. The summed E-state index contributed by atoms with van der Waals surface area (Å²) in [5, 5.41) is 6.59. The van der Waals surface area contributed by atoms with Gasteiger partial charge in [-0.25, -0.2) is 9.97 Å². The summed E-state index contributed by atoms with van der Waals surface area (Å²) in [5.74, 6) is 0.860. The van der Waals surface area contributed by atoms with Crippen molar-refractivity contribution in [1.29, 1.82) is 0 Å². The second kappa shape index (κ2) is 7.06. The minimum absolute atomic E-state index is 0.860. The predicted octanol–water partition coefficient (Wildman–Crippen LogP) is 3.68. The molecule has 4 rings (SSSR count). The van der Waals surface area contributed by atoms with E-state index in [0.29, 0.717) is 0 Å². The van der Waals surface area contributed by atoms with Gasteiger partial charge in [0.25, 0.3) is 0 Å². The van der Waals surface area contributed by atoms with Crippen LogP contribution in [0.3, 0.4) is 0 Å². The third-order valence-corrected chi connectivity index (χ3v) is 5.65. The van der Waals surface area contributed by atoms with Crippen LogP contribution in [0.2, 0.25) is 0 Å². The molecule has 0 unspecified atom stereocenters. The van der Waals surface area contributed by atoms with Gasteiger partial charge in [0.05, 0.1) is 16.8 Å². The molecule has 0 bridgehead atoms. The fourth-order valence-corrected chi connectivity index (χ4v) is 4.02. The molecule has 0 aromatic carbocycles. The minimum atomic E-state index is 0.860. The molecule has 0 N–H and O–H groups in total. The first-order valence-electron chi connectivity index (χ1n) is 8.87. The normalized spacial score (nSPS) is 14.6. The number of hydrogen-bond acceptors (Lipinski definition) is 5. The molecule has 0 spiro atoms. The van der Waals surface area contributed by atoms with Crippen LogP contribution in [0.4, 0.5) is 0 Å². The molecular weight excluding hydrogens is 330 g/mol. The zero-order valence-electron chi connectivity index (χ0n) is 14.8. The van der Waals surface area contributed by atoms with Crippen LogP contribution in [0, 0.1) is 6.92 Å². The molecule has 25 heavy (non-hydrogen) atoms. The summed E-state index contributed by atoms with van der Waals surface area (Å²) in [7, 11) is 0. The maximum absolute atomic E-state index is 4.80. The van der Waals surface area contributed by atoms with Gasteiger partial charge >= 0.3 is 0 Å². The Kier molecular flexibility index (Phi) is 4.63. The number of fused-ring (bicyclic) bond motifs is 1. The van der Waals surface area contributed by atoms with Gasteiger partial charge in [-0.05, 0) is 24.8 Å². The second-order valence-corrected chi connectivity index (χ2v) is 7.53. The molecular formula is C19H23N5S. The van der Waals surface area contributed by atoms with Crippen LogP contribution in [0.25, 0.3) is 10.7 Å². The Labute approximate surface area is 152 Å². The molecule has 0 saturated carbocycles. The molecule has 4 heterocycles. The van der Waals surface area contributed by atoms with Crippen molar-refractivity contribution in [1.82, 2.24) is 24.6 Å². The molecule has 0 radical (unpaired) electrons. The van der Waals surface area contributed by atoms with Crippen molar-refractivity contribution >= 4 is 11.3 Å². The molecule has 3 aromatic heterocycles. The number of hydrogen-bond donors (Lipinski definition) is 0. The summed E-state index contributed by atoms with van der Waals surface area (Å²) in [5.41, 5.74) is 5.07. The standard InChI is InChI=1S/C19H23N5S/c1-3-7-24-14(2)15(11-21-24)12-23-8-6-17-16(13-23)10-20-19(22-17)18-5-4-9-25-18/h4-5,9-11H,3,6-8,12-13H2,1-2H3. The molecule has 0 atom stereocenters. The lowest BCUT2D eigenvalue weighted by Crippen LogP contribution is -2.31. The van der Waals surface area contributed by atoms with Crippen molar-refractivity contribution < 1.29 is 0 Å². The SMILES string of the molecule is CCCn1ncc(CN2CCc3nc(-c4cccs4)ncc3C2)c1C. The first kappa shape index (κ1) is 16.4. The molecule has 0 amide bonds. The fraction of sp³-hybridized carbons (Fsp3) is 0.421. The van der Waals surface area contributed by atoms with Crippen LogP contribution in [0.5, 0.6) is 0 Å². The molecule has 5 nitrogen and oxygen atoms in total. The average Bonchev–Trinajstić information content (AvgIpc) is 3.27. The molecule has 0 saturated heterocycles. The summed E-state index contributed by atoms with van der Waals surface area (Å²) in [4.78, 5) is 13.0. The van der Waals surface area contributed by atoms with Crippen molar-refractivity contribution in [3.8, 4) is 10.7 Å². The Bertz CT molecular complexity index is 853. The first-order chi connectivity index (χ1) is 12.2. The van der Waals surface area contributed by atoms with Crippen molar-refractivity contribution in [2.75, 3.05) is 6.54 Å². The lowest BCUT2D eigenvalue weighted by Gasteiger charge is -2.27. The van der Waals surface area contributed by atoms with Crippen LogP contribution < -0.4 is 0 Å². The molecule has 130 valence electrons. The molecule has 1 aliphatic heterocycles. The Balaban J connectivity index is 1.48. The number of aryl methyl sites for hydroxylation is 1. The van der Waals surface area contributed by atoms with Gasteiger partial charge in [0, 0.05) is 55.6 Å². The highest BCUT2D eigenvalue weighted by Gasteiger charge is 2.20. The third-order valence-electron chi connectivity index (χ3n) is 4.79. The molecule has 1 aliphatic rings. The average molecular weight is 353 g/mol. The maximum atomic E-state index is 4.80. The summed E-state index contributed by atoms with van der Waals surface area (Å²) < 4.78 is 2.11. The van der Waals surface area contributed by atoms with Crippen LogP contribution in [0.1, 0.15) is 35.9 Å². The van der Waals surface area contributed by atoms with E-state index in [1.165, 1.54) is 22.5 Å². The lowest BCUT2D eigenvalue weighted by atomic mass is 10.1. The van der Waals surface area contributed by atoms with Gasteiger partial charge < -0.3 is 0 Å². The van der Waals surface area contributed by atoms with Gasteiger partial charge in [0.2, 0.25) is 0 Å². The Hall–Kier alpha value is -2.05. The lowest BCUT2D eigenvalue weighted by molar-refractivity contribution is 0.242. The summed E-state index contributed by atoms with van der Waals surface area (Å²) in [6.45, 7) is 8.25. The highest BCUT2D eigenvalue weighted by Crippen LogP contribution is 2.25. The summed E-state index contributed by atoms with van der Waals surface area (Å²) in [6, 6.07) is 4.13. The minimum Gasteiger partial charge on any atom is -0.294 e. The van der Waals surface area contributed by atoms with E-state index in [1.807, 2.05) is 18.5 Å². The van der Waals surface area contributed by atoms with Crippen molar-refractivity contribution in [2.45, 2.75) is 46.3 Å². The monoisotopic (exact) mass is 353 g/mol. The van der Waals surface area contributed by atoms with Crippen LogP contribution >= 0.6 is 11.3 Å². The van der Waals surface area contributed by atoms with Gasteiger partial charge in [0.15, 0.2) is 5.82 Å². The zero-order valence-corrected chi connectivity index (χ0v) is 15.6. The van der Waals surface area contributed by atoms with Gasteiger partial charge in [-0.1, -0.05) is 13.0 Å². The second-order valence-electron chi connectivity index (χ2n) is 6.58. The maximum Gasteiger partial charge on any atom is 0.169 e. The predicted molar refractivity (Wildman–Crippen MR) is 100 cm³/mol. The van der Waals surface area contributed by atoms with E-state index in [-0.39, 0.29) is 0 Å². The topological polar surface area (TPSA) is 46.8 Å². The highest BCUT2D eigenvalue weighted by molar-refractivity contribution is 7.13. The van der Waals surface area contributed by atoms with Crippen LogP contribution in [0.15, 0.2) is 29.9 Å². The smallest absolute Gasteiger partial charge is 0.169 e. The summed E-state index contributed by atoms with van der Waals surface area (Å²) in [6.07, 6.45) is 6.13. The van der Waals surface area contributed by atoms with E-state index in [0.717, 1.165) is 49.7 Å². The van der Waals surface area contributed by atoms with E-state index in [2.05, 4.69) is 45.0 Å². The van der Waals surface area contributed by atoms with Crippen molar-refractivity contribution in [3.05, 3.63) is 52.4 Å². The number of nitrogens with zero attached hydrogens (tertiary/aromatic N) is 5. The molecule has 3 aromatic rings. The van der Waals surface area contributed by atoms with Gasteiger partial charge in [-0.15, -0.1) is 11.3 Å². The van der Waals surface area contributed by atoms with E-state index in [4.69, 9.17) is 4.98 Å². The van der Waals surface area contributed by atoms with Crippen LogP contribution in [-0.4, -0.2) is 31.2 Å². The van der Waals surface area contributed by atoms with E-state index in [9.17, 15) is 0 Å². The molecule has 0 aliphatic carbocycles. The Morgan fingerprint density at radius 3 is 3.00 bits per heavy atom. The highest BCUT2D eigenvalue weighted by atomic mass is 32.1.